The van der Waals surface area contributed by atoms with Gasteiger partial charge in [-0.3, -0.25) is 4.79 Å². The second-order valence-corrected chi connectivity index (χ2v) is 7.04. The Hall–Kier alpha value is -2.73. The molecule has 6 heteroatoms. The van der Waals surface area contributed by atoms with Gasteiger partial charge >= 0.3 is 0 Å². The van der Waals surface area contributed by atoms with E-state index in [-0.39, 0.29) is 12.5 Å². The third kappa shape index (κ3) is 5.16. The van der Waals surface area contributed by atoms with Gasteiger partial charge in [-0.2, -0.15) is 0 Å². The molecule has 2 aromatic rings. The lowest BCUT2D eigenvalue weighted by Crippen LogP contribution is -2.37. The number of nitrogens with zero attached hydrogens (tertiary/aromatic N) is 1. The Balaban J connectivity index is 1.65. The van der Waals surface area contributed by atoms with Crippen LogP contribution in [0.5, 0.6) is 11.5 Å². The number of ether oxygens (including phenoxy) is 3. The first-order valence-corrected chi connectivity index (χ1v) is 9.60. The SMILES string of the molecule is COc1ccc(N2CCOCC2)c(NC(=O)COc2ccc(C(C)C)cc2)c1. The van der Waals surface area contributed by atoms with E-state index in [0.29, 0.717) is 36.3 Å². The molecular weight excluding hydrogens is 356 g/mol. The van der Waals surface area contributed by atoms with Crippen LogP contribution in [-0.2, 0) is 9.53 Å². The summed E-state index contributed by atoms with van der Waals surface area (Å²) in [7, 11) is 1.61. The normalized spacial score (nSPS) is 14.1. The Bertz CT molecular complexity index is 784. The van der Waals surface area contributed by atoms with E-state index >= 15 is 0 Å². The Labute approximate surface area is 166 Å². The van der Waals surface area contributed by atoms with Crippen molar-refractivity contribution in [2.24, 2.45) is 0 Å². The van der Waals surface area contributed by atoms with Crippen molar-refractivity contribution in [3.8, 4) is 11.5 Å². The lowest BCUT2D eigenvalue weighted by atomic mass is 10.0. The van der Waals surface area contributed by atoms with Crippen LogP contribution in [0, 0.1) is 0 Å². The van der Waals surface area contributed by atoms with E-state index in [1.54, 1.807) is 7.11 Å². The molecule has 1 fully saturated rings. The summed E-state index contributed by atoms with van der Waals surface area (Å²) in [5.74, 6) is 1.62. The van der Waals surface area contributed by atoms with Crippen LogP contribution < -0.4 is 19.7 Å². The predicted molar refractivity (Wildman–Crippen MR) is 111 cm³/mol. The fourth-order valence-corrected chi connectivity index (χ4v) is 3.11. The highest BCUT2D eigenvalue weighted by atomic mass is 16.5. The maximum atomic E-state index is 12.5. The number of methoxy groups -OCH3 is 1. The highest BCUT2D eigenvalue weighted by molar-refractivity contribution is 5.95. The largest absolute Gasteiger partial charge is 0.497 e. The number of hydrogen-bond acceptors (Lipinski definition) is 5. The molecule has 0 atom stereocenters. The summed E-state index contributed by atoms with van der Waals surface area (Å²) in [5, 5.41) is 2.96. The lowest BCUT2D eigenvalue weighted by molar-refractivity contribution is -0.118. The van der Waals surface area contributed by atoms with Gasteiger partial charge in [0.25, 0.3) is 5.91 Å². The number of rotatable bonds is 7. The van der Waals surface area contributed by atoms with E-state index in [4.69, 9.17) is 14.2 Å². The molecule has 1 aliphatic rings. The van der Waals surface area contributed by atoms with Crippen LogP contribution in [0.2, 0.25) is 0 Å². The van der Waals surface area contributed by atoms with E-state index in [2.05, 4.69) is 24.1 Å². The molecule has 0 spiro atoms. The molecule has 150 valence electrons. The van der Waals surface area contributed by atoms with E-state index in [9.17, 15) is 4.79 Å². The van der Waals surface area contributed by atoms with Gasteiger partial charge in [-0.05, 0) is 35.7 Å². The summed E-state index contributed by atoms with van der Waals surface area (Å²) in [5.41, 5.74) is 2.91. The number of benzene rings is 2. The highest BCUT2D eigenvalue weighted by Gasteiger charge is 2.17. The molecule has 1 heterocycles. The number of hydrogen-bond donors (Lipinski definition) is 1. The maximum Gasteiger partial charge on any atom is 0.262 e. The second-order valence-electron chi connectivity index (χ2n) is 7.04. The molecule has 0 aromatic heterocycles. The van der Waals surface area contributed by atoms with Gasteiger partial charge in [0.15, 0.2) is 6.61 Å². The average Bonchev–Trinajstić information content (AvgIpc) is 2.73. The quantitative estimate of drug-likeness (QED) is 0.789. The van der Waals surface area contributed by atoms with Crippen LogP contribution in [-0.4, -0.2) is 45.9 Å². The minimum atomic E-state index is -0.212. The molecule has 1 amide bonds. The third-order valence-corrected chi connectivity index (χ3v) is 4.75. The molecule has 3 rings (SSSR count). The maximum absolute atomic E-state index is 12.5. The Morgan fingerprint density at radius 1 is 1.11 bits per heavy atom. The van der Waals surface area contributed by atoms with E-state index < -0.39 is 0 Å². The summed E-state index contributed by atoms with van der Waals surface area (Å²) in [4.78, 5) is 14.7. The van der Waals surface area contributed by atoms with Gasteiger partial charge in [-0.15, -0.1) is 0 Å². The molecule has 0 bridgehead atoms. The molecule has 0 saturated carbocycles. The molecule has 0 radical (unpaired) electrons. The second kappa shape index (κ2) is 9.46. The fraction of sp³-hybridized carbons (Fsp3) is 0.409. The molecule has 1 aliphatic heterocycles. The number of carbonyl (C=O) groups excluding carboxylic acids is 1. The van der Waals surface area contributed by atoms with Crippen molar-refractivity contribution >= 4 is 17.3 Å². The number of anilines is 2. The standard InChI is InChI=1S/C22H28N2O4/c1-16(2)17-4-6-18(7-5-17)28-15-22(25)23-20-14-19(26-3)8-9-21(20)24-10-12-27-13-11-24/h4-9,14,16H,10-13,15H2,1-3H3,(H,23,25). The van der Waals surface area contributed by atoms with Gasteiger partial charge in [-0.25, -0.2) is 0 Å². The van der Waals surface area contributed by atoms with Crippen molar-refractivity contribution in [2.75, 3.05) is 50.2 Å². The summed E-state index contributed by atoms with van der Waals surface area (Å²) in [6, 6.07) is 13.5. The number of nitrogens with one attached hydrogen (secondary N) is 1. The summed E-state index contributed by atoms with van der Waals surface area (Å²) in [6.45, 7) is 7.15. The van der Waals surface area contributed by atoms with Crippen LogP contribution in [0.3, 0.4) is 0 Å². The first-order valence-electron chi connectivity index (χ1n) is 9.60. The smallest absolute Gasteiger partial charge is 0.262 e. The molecular formula is C22H28N2O4. The average molecular weight is 384 g/mol. The molecule has 1 N–H and O–H groups in total. The first kappa shape index (κ1) is 20.0. The van der Waals surface area contributed by atoms with E-state index in [1.165, 1.54) is 5.56 Å². The van der Waals surface area contributed by atoms with E-state index in [0.717, 1.165) is 18.8 Å². The summed E-state index contributed by atoms with van der Waals surface area (Å²) >= 11 is 0. The number of carbonyl (C=O) groups is 1. The van der Waals surface area contributed by atoms with Crippen molar-refractivity contribution in [2.45, 2.75) is 19.8 Å². The molecule has 0 unspecified atom stereocenters. The minimum absolute atomic E-state index is 0.0548. The zero-order valence-electron chi connectivity index (χ0n) is 16.7. The first-order chi connectivity index (χ1) is 13.6. The minimum Gasteiger partial charge on any atom is -0.497 e. The van der Waals surface area contributed by atoms with Crippen LogP contribution in [0.1, 0.15) is 25.3 Å². The number of amides is 1. The van der Waals surface area contributed by atoms with Crippen molar-refractivity contribution < 1.29 is 19.0 Å². The van der Waals surface area contributed by atoms with Crippen molar-refractivity contribution in [1.29, 1.82) is 0 Å². The Morgan fingerprint density at radius 2 is 1.79 bits per heavy atom. The Morgan fingerprint density at radius 3 is 2.43 bits per heavy atom. The van der Waals surface area contributed by atoms with Crippen molar-refractivity contribution in [1.82, 2.24) is 0 Å². The van der Waals surface area contributed by atoms with Crippen LogP contribution in [0.15, 0.2) is 42.5 Å². The summed E-state index contributed by atoms with van der Waals surface area (Å²) in [6.07, 6.45) is 0. The van der Waals surface area contributed by atoms with Gasteiger partial charge in [0.1, 0.15) is 11.5 Å². The van der Waals surface area contributed by atoms with Crippen molar-refractivity contribution in [3.63, 3.8) is 0 Å². The molecule has 1 saturated heterocycles. The van der Waals surface area contributed by atoms with Crippen LogP contribution in [0.25, 0.3) is 0 Å². The van der Waals surface area contributed by atoms with Gasteiger partial charge in [0.2, 0.25) is 0 Å². The van der Waals surface area contributed by atoms with Gasteiger partial charge in [0, 0.05) is 19.2 Å². The zero-order chi connectivity index (χ0) is 19.9. The lowest BCUT2D eigenvalue weighted by Gasteiger charge is -2.30. The molecule has 0 aliphatic carbocycles. The monoisotopic (exact) mass is 384 g/mol. The zero-order valence-corrected chi connectivity index (χ0v) is 16.7. The van der Waals surface area contributed by atoms with Gasteiger partial charge in [0.05, 0.1) is 31.7 Å². The van der Waals surface area contributed by atoms with Gasteiger partial charge in [-0.1, -0.05) is 26.0 Å². The van der Waals surface area contributed by atoms with Crippen molar-refractivity contribution in [3.05, 3.63) is 48.0 Å². The third-order valence-electron chi connectivity index (χ3n) is 4.75. The van der Waals surface area contributed by atoms with E-state index in [1.807, 2.05) is 42.5 Å². The van der Waals surface area contributed by atoms with Crippen LogP contribution in [0.4, 0.5) is 11.4 Å². The Kier molecular flexibility index (Phi) is 6.76. The fourth-order valence-electron chi connectivity index (χ4n) is 3.11. The van der Waals surface area contributed by atoms with Gasteiger partial charge < -0.3 is 24.4 Å². The topological polar surface area (TPSA) is 60.0 Å². The summed E-state index contributed by atoms with van der Waals surface area (Å²) < 4.78 is 16.4. The van der Waals surface area contributed by atoms with Crippen LogP contribution >= 0.6 is 0 Å². The number of morpholine rings is 1. The predicted octanol–water partition coefficient (Wildman–Crippen LogP) is 3.67. The molecule has 6 nitrogen and oxygen atoms in total. The molecule has 28 heavy (non-hydrogen) atoms. The highest BCUT2D eigenvalue weighted by Crippen LogP contribution is 2.31. The molecule has 2 aromatic carbocycles.